The average Bonchev–Trinajstić information content (AvgIpc) is 2.66. The first-order valence-corrected chi connectivity index (χ1v) is 10.5. The number of benzene rings is 2. The van der Waals surface area contributed by atoms with Crippen molar-refractivity contribution in [2.75, 3.05) is 6.61 Å². The van der Waals surface area contributed by atoms with E-state index < -0.39 is 0 Å². The van der Waals surface area contributed by atoms with Crippen LogP contribution in [0.15, 0.2) is 54.6 Å². The highest BCUT2D eigenvalue weighted by molar-refractivity contribution is 5.29. The maximum Gasteiger partial charge on any atom is 0.119 e. The van der Waals surface area contributed by atoms with Crippen LogP contribution >= 0.6 is 0 Å². The normalized spacial score (nSPS) is 32.9. The molecule has 4 rings (SSSR count). The number of ether oxygens (including phenoxy) is 1. The van der Waals surface area contributed by atoms with Gasteiger partial charge in [0.15, 0.2) is 0 Å². The van der Waals surface area contributed by atoms with Gasteiger partial charge in [0, 0.05) is 12.0 Å². The fourth-order valence-corrected chi connectivity index (χ4v) is 6.14. The summed E-state index contributed by atoms with van der Waals surface area (Å²) in [5, 5.41) is 0. The summed E-state index contributed by atoms with van der Waals surface area (Å²) in [5.41, 5.74) is 8.95. The van der Waals surface area contributed by atoms with Gasteiger partial charge in [0.05, 0.1) is 6.61 Å². The van der Waals surface area contributed by atoms with Crippen molar-refractivity contribution in [2.24, 2.45) is 23.0 Å². The summed E-state index contributed by atoms with van der Waals surface area (Å²) in [7, 11) is 0. The van der Waals surface area contributed by atoms with Crippen LogP contribution in [0.2, 0.25) is 0 Å². The Labute approximate surface area is 164 Å². The molecule has 0 saturated heterocycles. The van der Waals surface area contributed by atoms with Crippen molar-refractivity contribution >= 4 is 0 Å². The second-order valence-corrected chi connectivity index (χ2v) is 9.59. The number of hydrogen-bond acceptors (Lipinski definition) is 2. The van der Waals surface area contributed by atoms with Crippen molar-refractivity contribution in [3.8, 4) is 5.75 Å². The number of rotatable bonds is 5. The molecule has 2 saturated carbocycles. The van der Waals surface area contributed by atoms with Crippen molar-refractivity contribution in [2.45, 2.75) is 57.9 Å². The van der Waals surface area contributed by atoms with E-state index in [9.17, 15) is 0 Å². The first kappa shape index (κ1) is 18.6. The van der Waals surface area contributed by atoms with Crippen LogP contribution < -0.4 is 10.5 Å². The lowest BCUT2D eigenvalue weighted by Gasteiger charge is -2.54. The monoisotopic (exact) mass is 363 g/mol. The van der Waals surface area contributed by atoms with Crippen LogP contribution in [0.3, 0.4) is 0 Å². The lowest BCUT2D eigenvalue weighted by molar-refractivity contribution is -0.00597. The fraction of sp³-hybridized carbons (Fsp3) is 0.520. The van der Waals surface area contributed by atoms with Gasteiger partial charge in [-0.05, 0) is 72.6 Å². The topological polar surface area (TPSA) is 35.2 Å². The smallest absolute Gasteiger partial charge is 0.119 e. The summed E-state index contributed by atoms with van der Waals surface area (Å²) < 4.78 is 6.28. The first-order chi connectivity index (χ1) is 13.0. The summed E-state index contributed by atoms with van der Waals surface area (Å²) in [4.78, 5) is 0. The van der Waals surface area contributed by atoms with Crippen LogP contribution in [0.4, 0.5) is 0 Å². The number of nitrogens with two attached hydrogens (primary N) is 1. The molecule has 0 radical (unpaired) electrons. The van der Waals surface area contributed by atoms with E-state index in [1.807, 2.05) is 0 Å². The summed E-state index contributed by atoms with van der Waals surface area (Å²) in [6.07, 6.45) is 6.55. The molecular weight excluding hydrogens is 330 g/mol. The zero-order valence-corrected chi connectivity index (χ0v) is 16.8. The third-order valence-electron chi connectivity index (χ3n) is 6.83. The van der Waals surface area contributed by atoms with Crippen molar-refractivity contribution in [1.82, 2.24) is 0 Å². The molecule has 2 aromatic rings. The van der Waals surface area contributed by atoms with Crippen LogP contribution in [0.5, 0.6) is 5.75 Å². The molecule has 0 aliphatic heterocycles. The zero-order chi connectivity index (χ0) is 18.9. The molecule has 2 aliphatic carbocycles. The second-order valence-electron chi connectivity index (χ2n) is 9.59. The third kappa shape index (κ3) is 3.91. The van der Waals surface area contributed by atoms with Crippen LogP contribution in [-0.4, -0.2) is 6.61 Å². The van der Waals surface area contributed by atoms with E-state index in [2.05, 4.69) is 68.4 Å². The van der Waals surface area contributed by atoms with Crippen molar-refractivity contribution < 1.29 is 4.74 Å². The fourth-order valence-electron chi connectivity index (χ4n) is 6.14. The van der Waals surface area contributed by atoms with Gasteiger partial charge >= 0.3 is 0 Å². The summed E-state index contributed by atoms with van der Waals surface area (Å²) in [6.45, 7) is 6.27. The molecule has 4 unspecified atom stereocenters. The van der Waals surface area contributed by atoms with E-state index in [4.69, 9.17) is 10.5 Å². The Balaban J connectivity index is 1.54. The van der Waals surface area contributed by atoms with Crippen LogP contribution in [0, 0.1) is 17.3 Å². The minimum absolute atomic E-state index is 0.228. The molecule has 0 heterocycles. The number of hydrogen-bond donors (Lipinski definition) is 1. The maximum absolute atomic E-state index is 6.28. The Morgan fingerprint density at radius 3 is 2.44 bits per heavy atom. The Morgan fingerprint density at radius 1 is 1.00 bits per heavy atom. The van der Waals surface area contributed by atoms with Gasteiger partial charge < -0.3 is 10.5 Å². The van der Waals surface area contributed by atoms with Gasteiger partial charge in [-0.3, -0.25) is 0 Å². The molecule has 2 aliphatic rings. The lowest BCUT2D eigenvalue weighted by atomic mass is 9.50. The van der Waals surface area contributed by atoms with E-state index in [0.717, 1.165) is 29.8 Å². The first-order valence-electron chi connectivity index (χ1n) is 10.5. The molecule has 2 heteroatoms. The Hall–Kier alpha value is -1.80. The molecule has 2 bridgehead atoms. The quantitative estimate of drug-likeness (QED) is 0.740. The van der Waals surface area contributed by atoms with Crippen LogP contribution in [-0.2, 0) is 12.0 Å². The van der Waals surface area contributed by atoms with E-state index in [1.54, 1.807) is 5.56 Å². The SMILES string of the molecule is CC1CC2CC(C)(COc3ccc(CN)cc3)CC(c3ccccc3)(C1)C2. The standard InChI is InChI=1S/C25H33NO/c1-19-12-21-14-24(2,18-27-23-10-8-20(16-26)9-11-23)17-25(13-19,15-21)22-6-4-3-5-7-22/h3-11,19,21H,12-18,26H2,1-2H3. The van der Waals surface area contributed by atoms with Gasteiger partial charge in [0.25, 0.3) is 0 Å². The van der Waals surface area contributed by atoms with Crippen molar-refractivity contribution in [1.29, 1.82) is 0 Å². The van der Waals surface area contributed by atoms with E-state index in [0.29, 0.717) is 12.0 Å². The molecule has 2 nitrogen and oxygen atoms in total. The predicted molar refractivity (Wildman–Crippen MR) is 112 cm³/mol. The summed E-state index contributed by atoms with van der Waals surface area (Å²) in [6, 6.07) is 19.5. The molecule has 2 aromatic carbocycles. The minimum Gasteiger partial charge on any atom is -0.493 e. The van der Waals surface area contributed by atoms with Gasteiger partial charge in [0.2, 0.25) is 0 Å². The highest BCUT2D eigenvalue weighted by Gasteiger charge is 2.50. The summed E-state index contributed by atoms with van der Waals surface area (Å²) in [5.74, 6) is 2.60. The predicted octanol–water partition coefficient (Wildman–Crippen LogP) is 5.70. The van der Waals surface area contributed by atoms with Crippen LogP contribution in [0.1, 0.15) is 57.1 Å². The third-order valence-corrected chi connectivity index (χ3v) is 6.83. The zero-order valence-electron chi connectivity index (χ0n) is 16.8. The van der Waals surface area contributed by atoms with Gasteiger partial charge in [0.1, 0.15) is 5.75 Å². The van der Waals surface area contributed by atoms with Gasteiger partial charge in [-0.2, -0.15) is 0 Å². The largest absolute Gasteiger partial charge is 0.493 e. The highest BCUT2D eigenvalue weighted by atomic mass is 16.5. The molecule has 4 atom stereocenters. The molecular formula is C25H33NO. The molecule has 0 aromatic heterocycles. The molecule has 0 amide bonds. The van der Waals surface area contributed by atoms with Gasteiger partial charge in [-0.1, -0.05) is 56.3 Å². The van der Waals surface area contributed by atoms with Gasteiger partial charge in [-0.25, -0.2) is 0 Å². The molecule has 0 spiro atoms. The highest BCUT2D eigenvalue weighted by Crippen LogP contribution is 2.58. The maximum atomic E-state index is 6.28. The van der Waals surface area contributed by atoms with E-state index in [1.165, 1.54) is 32.1 Å². The van der Waals surface area contributed by atoms with Gasteiger partial charge in [-0.15, -0.1) is 0 Å². The molecule has 2 N–H and O–H groups in total. The Morgan fingerprint density at radius 2 is 1.74 bits per heavy atom. The second kappa shape index (κ2) is 7.31. The average molecular weight is 364 g/mol. The van der Waals surface area contributed by atoms with Crippen LogP contribution in [0.25, 0.3) is 0 Å². The lowest BCUT2D eigenvalue weighted by Crippen LogP contribution is -2.48. The summed E-state index contributed by atoms with van der Waals surface area (Å²) >= 11 is 0. The van der Waals surface area contributed by atoms with Crippen molar-refractivity contribution in [3.05, 3.63) is 65.7 Å². The van der Waals surface area contributed by atoms with E-state index >= 15 is 0 Å². The molecule has 2 fully saturated rings. The van der Waals surface area contributed by atoms with Crippen molar-refractivity contribution in [3.63, 3.8) is 0 Å². The minimum atomic E-state index is 0.228. The number of fused-ring (bicyclic) bond motifs is 2. The molecule has 144 valence electrons. The van der Waals surface area contributed by atoms with E-state index in [-0.39, 0.29) is 5.41 Å². The molecule has 27 heavy (non-hydrogen) atoms. The Bertz CT molecular complexity index is 752. The Kier molecular flexibility index (Phi) is 5.03.